The fourth-order valence-electron chi connectivity index (χ4n) is 1.27. The summed E-state index contributed by atoms with van der Waals surface area (Å²) in [7, 11) is 1.47. The molecule has 1 aromatic rings. The second-order valence-corrected chi connectivity index (χ2v) is 4.34. The van der Waals surface area contributed by atoms with Gasteiger partial charge in [0.25, 0.3) is 11.6 Å². The molecule has 0 atom stereocenters. The Kier molecular flexibility index (Phi) is 3.40. The summed E-state index contributed by atoms with van der Waals surface area (Å²) in [4.78, 5) is 32.6. The minimum absolute atomic E-state index is 0.0241. The van der Waals surface area contributed by atoms with Crippen LogP contribution in [0.2, 0.25) is 0 Å². The number of carbonyl (C=O) groups excluding carboxylic acids is 1. The number of nitro groups is 1. The lowest BCUT2D eigenvalue weighted by Gasteiger charge is -2.20. The van der Waals surface area contributed by atoms with E-state index in [9.17, 15) is 19.7 Å². The Morgan fingerprint density at radius 3 is 2.44 bits per heavy atom. The van der Waals surface area contributed by atoms with Crippen molar-refractivity contribution in [2.24, 2.45) is 7.05 Å². The zero-order valence-electron chi connectivity index (χ0n) is 10.1. The average molecular weight is 255 g/mol. The lowest BCUT2D eigenvalue weighted by molar-refractivity contribution is -0.384. The van der Waals surface area contributed by atoms with Crippen LogP contribution in [0.25, 0.3) is 0 Å². The van der Waals surface area contributed by atoms with Crippen molar-refractivity contribution < 1.29 is 19.6 Å². The molecule has 98 valence electrons. The summed E-state index contributed by atoms with van der Waals surface area (Å²) in [6.07, 6.45) is 1.18. The van der Waals surface area contributed by atoms with Gasteiger partial charge in [-0.3, -0.25) is 14.9 Å². The number of carbonyl (C=O) groups is 2. The van der Waals surface area contributed by atoms with E-state index < -0.39 is 22.3 Å². The van der Waals surface area contributed by atoms with Crippen molar-refractivity contribution in [3.8, 4) is 0 Å². The molecule has 1 amide bonds. The van der Waals surface area contributed by atoms with E-state index in [-0.39, 0.29) is 11.4 Å². The number of carboxylic acids is 1. The number of nitrogens with zero attached hydrogens (tertiary/aromatic N) is 2. The van der Waals surface area contributed by atoms with Crippen LogP contribution in [0.1, 0.15) is 24.3 Å². The Morgan fingerprint density at radius 2 is 2.06 bits per heavy atom. The standard InChI is InChI=1S/C10H13N3O5/c1-10(2,9(15)16)11-8(14)7-4-6(13(17)18)5-12(7)3/h4-5H,1-3H3,(H,11,14)(H,15,16). The number of aryl methyl sites for hydroxylation is 1. The topological polar surface area (TPSA) is 114 Å². The molecule has 0 unspecified atom stereocenters. The molecule has 0 saturated carbocycles. The summed E-state index contributed by atoms with van der Waals surface area (Å²) < 4.78 is 1.27. The van der Waals surface area contributed by atoms with Crippen molar-refractivity contribution in [2.45, 2.75) is 19.4 Å². The van der Waals surface area contributed by atoms with Gasteiger partial charge in [0.1, 0.15) is 11.2 Å². The molecule has 0 aromatic carbocycles. The van der Waals surface area contributed by atoms with E-state index in [1.165, 1.54) is 31.7 Å². The molecular formula is C10H13N3O5. The quantitative estimate of drug-likeness (QED) is 0.601. The van der Waals surface area contributed by atoms with Crippen LogP contribution in [-0.4, -0.2) is 32.0 Å². The highest BCUT2D eigenvalue weighted by Gasteiger charge is 2.30. The third-order valence-corrected chi connectivity index (χ3v) is 2.39. The number of nitrogens with one attached hydrogen (secondary N) is 1. The smallest absolute Gasteiger partial charge is 0.328 e. The van der Waals surface area contributed by atoms with E-state index in [1.54, 1.807) is 0 Å². The second-order valence-electron chi connectivity index (χ2n) is 4.34. The normalized spacial score (nSPS) is 11.1. The van der Waals surface area contributed by atoms with Crippen molar-refractivity contribution >= 4 is 17.6 Å². The number of rotatable bonds is 4. The molecule has 0 aliphatic rings. The Morgan fingerprint density at radius 1 is 1.50 bits per heavy atom. The number of aromatic nitrogens is 1. The van der Waals surface area contributed by atoms with Crippen LogP contribution >= 0.6 is 0 Å². The molecule has 0 fully saturated rings. The summed E-state index contributed by atoms with van der Waals surface area (Å²) >= 11 is 0. The molecule has 18 heavy (non-hydrogen) atoms. The van der Waals surface area contributed by atoms with Crippen LogP contribution in [0.3, 0.4) is 0 Å². The van der Waals surface area contributed by atoms with Gasteiger partial charge in [-0.15, -0.1) is 0 Å². The van der Waals surface area contributed by atoms with E-state index in [0.29, 0.717) is 0 Å². The lowest BCUT2D eigenvalue weighted by Crippen LogP contribution is -2.50. The first-order valence-electron chi connectivity index (χ1n) is 5.02. The average Bonchev–Trinajstić information content (AvgIpc) is 2.59. The van der Waals surface area contributed by atoms with Crippen molar-refractivity contribution in [3.05, 3.63) is 28.1 Å². The minimum atomic E-state index is -1.45. The molecule has 8 nitrogen and oxygen atoms in total. The van der Waals surface area contributed by atoms with Gasteiger partial charge in [0.2, 0.25) is 0 Å². The summed E-state index contributed by atoms with van der Waals surface area (Å²) in [6.45, 7) is 2.65. The van der Waals surface area contributed by atoms with Gasteiger partial charge in [0, 0.05) is 13.1 Å². The van der Waals surface area contributed by atoms with E-state index in [1.807, 2.05) is 0 Å². The van der Waals surface area contributed by atoms with Gasteiger partial charge < -0.3 is 15.0 Å². The van der Waals surface area contributed by atoms with Crippen LogP contribution in [-0.2, 0) is 11.8 Å². The highest BCUT2D eigenvalue weighted by molar-refractivity contribution is 5.97. The first-order chi connectivity index (χ1) is 8.15. The molecule has 1 aromatic heterocycles. The Bertz CT molecular complexity index is 518. The zero-order valence-corrected chi connectivity index (χ0v) is 10.1. The molecule has 0 bridgehead atoms. The molecule has 1 rings (SSSR count). The van der Waals surface area contributed by atoms with Gasteiger partial charge in [0.05, 0.1) is 11.1 Å². The fourth-order valence-corrected chi connectivity index (χ4v) is 1.27. The fraction of sp³-hybridized carbons (Fsp3) is 0.400. The van der Waals surface area contributed by atoms with Crippen molar-refractivity contribution in [1.82, 2.24) is 9.88 Å². The van der Waals surface area contributed by atoms with E-state index in [4.69, 9.17) is 5.11 Å². The Balaban J connectivity index is 2.98. The van der Waals surface area contributed by atoms with Crippen molar-refractivity contribution in [1.29, 1.82) is 0 Å². The van der Waals surface area contributed by atoms with Crippen molar-refractivity contribution in [3.63, 3.8) is 0 Å². The molecule has 8 heteroatoms. The molecule has 0 saturated heterocycles. The monoisotopic (exact) mass is 255 g/mol. The van der Waals surface area contributed by atoms with Gasteiger partial charge in [0.15, 0.2) is 0 Å². The Hall–Kier alpha value is -2.38. The SMILES string of the molecule is Cn1cc([N+](=O)[O-])cc1C(=O)NC(C)(C)C(=O)O. The number of hydrogen-bond donors (Lipinski definition) is 2. The lowest BCUT2D eigenvalue weighted by atomic mass is 10.1. The third kappa shape index (κ3) is 2.65. The van der Waals surface area contributed by atoms with Gasteiger partial charge >= 0.3 is 5.97 Å². The largest absolute Gasteiger partial charge is 0.480 e. The molecule has 0 aliphatic carbocycles. The summed E-state index contributed by atoms with van der Waals surface area (Å²) in [5.74, 6) is -1.88. The summed E-state index contributed by atoms with van der Waals surface area (Å²) in [5, 5.41) is 21.7. The highest BCUT2D eigenvalue weighted by Crippen LogP contribution is 2.16. The minimum Gasteiger partial charge on any atom is -0.480 e. The zero-order chi connectivity index (χ0) is 14.1. The highest BCUT2D eigenvalue weighted by atomic mass is 16.6. The number of hydrogen-bond acceptors (Lipinski definition) is 4. The summed E-state index contributed by atoms with van der Waals surface area (Å²) in [6, 6.07) is 1.09. The summed E-state index contributed by atoms with van der Waals surface area (Å²) in [5.41, 5.74) is -1.65. The van der Waals surface area contributed by atoms with Crippen LogP contribution in [0.5, 0.6) is 0 Å². The number of amides is 1. The maximum atomic E-state index is 11.8. The first kappa shape index (κ1) is 13.7. The molecule has 1 heterocycles. The van der Waals surface area contributed by atoms with Gasteiger partial charge in [-0.25, -0.2) is 4.79 Å². The van der Waals surface area contributed by atoms with Gasteiger partial charge in [-0.05, 0) is 13.8 Å². The Labute approximate surface area is 102 Å². The first-order valence-corrected chi connectivity index (χ1v) is 5.02. The predicted octanol–water partition coefficient (Wildman–Crippen LogP) is 0.526. The van der Waals surface area contributed by atoms with Gasteiger partial charge in [-0.2, -0.15) is 0 Å². The molecular weight excluding hydrogens is 242 g/mol. The molecule has 0 aliphatic heterocycles. The predicted molar refractivity (Wildman–Crippen MR) is 61.2 cm³/mol. The number of aliphatic carboxylic acids is 1. The van der Waals surface area contributed by atoms with Crippen LogP contribution in [0.4, 0.5) is 5.69 Å². The third-order valence-electron chi connectivity index (χ3n) is 2.39. The maximum absolute atomic E-state index is 11.8. The maximum Gasteiger partial charge on any atom is 0.328 e. The van der Waals surface area contributed by atoms with Gasteiger partial charge in [-0.1, -0.05) is 0 Å². The molecule has 2 N–H and O–H groups in total. The second kappa shape index (κ2) is 4.47. The van der Waals surface area contributed by atoms with Crippen molar-refractivity contribution in [2.75, 3.05) is 0 Å². The van der Waals surface area contributed by atoms with E-state index in [0.717, 1.165) is 6.07 Å². The molecule has 0 spiro atoms. The van der Waals surface area contributed by atoms with E-state index in [2.05, 4.69) is 5.32 Å². The van der Waals surface area contributed by atoms with Crippen LogP contribution < -0.4 is 5.32 Å². The number of carboxylic acid groups (broad SMARTS) is 1. The van der Waals surface area contributed by atoms with Crippen LogP contribution in [0.15, 0.2) is 12.3 Å². The molecule has 0 radical (unpaired) electrons. The van der Waals surface area contributed by atoms with E-state index >= 15 is 0 Å². The van der Waals surface area contributed by atoms with Crippen LogP contribution in [0, 0.1) is 10.1 Å².